The summed E-state index contributed by atoms with van der Waals surface area (Å²) < 4.78 is 0. The number of aliphatic carboxylic acids is 1. The lowest BCUT2D eigenvalue weighted by atomic mass is 10.0. The van der Waals surface area contributed by atoms with E-state index in [4.69, 9.17) is 5.11 Å². The van der Waals surface area contributed by atoms with Gasteiger partial charge in [-0.15, -0.1) is 11.8 Å². The maximum atomic E-state index is 11.9. The lowest BCUT2D eigenvalue weighted by Gasteiger charge is -2.49. The third-order valence-electron chi connectivity index (χ3n) is 3.00. The smallest absolute Gasteiger partial charge is 0.352 e. The van der Waals surface area contributed by atoms with Crippen LogP contribution in [0.15, 0.2) is 11.3 Å². The van der Waals surface area contributed by atoms with Crippen LogP contribution in [0.4, 0.5) is 0 Å². The van der Waals surface area contributed by atoms with Gasteiger partial charge in [0.25, 0.3) is 5.91 Å². The van der Waals surface area contributed by atoms with E-state index in [1.807, 2.05) is 0 Å². The number of carboxylic acids is 1. The molecule has 1 fully saturated rings. The molecule has 2 atom stereocenters. The number of hydrogen-bond donors (Lipinski definition) is 2. The first-order valence-electron chi connectivity index (χ1n) is 5.64. The Bertz CT molecular complexity index is 460. The molecule has 2 amide bonds. The van der Waals surface area contributed by atoms with Crippen LogP contribution in [0.3, 0.4) is 0 Å². The van der Waals surface area contributed by atoms with Gasteiger partial charge in [0, 0.05) is 12.2 Å². The first-order valence-corrected chi connectivity index (χ1v) is 6.69. The van der Waals surface area contributed by atoms with E-state index in [1.165, 1.54) is 16.7 Å². The van der Waals surface area contributed by atoms with E-state index < -0.39 is 12.0 Å². The fraction of sp³-hybridized carbons (Fsp3) is 0.545. The molecule has 6 nitrogen and oxygen atoms in total. The average Bonchev–Trinajstić information content (AvgIpc) is 2.34. The summed E-state index contributed by atoms with van der Waals surface area (Å²) in [4.78, 5) is 35.6. The minimum Gasteiger partial charge on any atom is -0.477 e. The fourth-order valence-corrected chi connectivity index (χ4v) is 3.34. The highest BCUT2D eigenvalue weighted by atomic mass is 32.2. The number of hydrogen-bond acceptors (Lipinski definition) is 4. The lowest BCUT2D eigenvalue weighted by molar-refractivity contribution is -0.150. The van der Waals surface area contributed by atoms with E-state index in [2.05, 4.69) is 5.32 Å². The van der Waals surface area contributed by atoms with Crippen molar-refractivity contribution in [3.8, 4) is 0 Å². The van der Waals surface area contributed by atoms with Gasteiger partial charge in [0.05, 0.1) is 0 Å². The molecule has 2 N–H and O–H groups in total. The Morgan fingerprint density at radius 2 is 2.22 bits per heavy atom. The Kier molecular flexibility index (Phi) is 3.34. The normalized spacial score (nSPS) is 26.6. The number of nitrogens with zero attached hydrogens (tertiary/aromatic N) is 1. The molecule has 2 rings (SSSR count). The van der Waals surface area contributed by atoms with E-state index in [1.54, 1.807) is 13.8 Å². The van der Waals surface area contributed by atoms with E-state index >= 15 is 0 Å². The highest BCUT2D eigenvalue weighted by Crippen LogP contribution is 2.39. The first kappa shape index (κ1) is 12.9. The second-order valence-electron chi connectivity index (χ2n) is 4.24. The third kappa shape index (κ3) is 1.88. The zero-order valence-corrected chi connectivity index (χ0v) is 10.9. The van der Waals surface area contributed by atoms with Crippen LogP contribution >= 0.6 is 11.8 Å². The van der Waals surface area contributed by atoms with Crippen molar-refractivity contribution in [3.63, 3.8) is 0 Å². The molecular formula is C11H14N2O4S. The summed E-state index contributed by atoms with van der Waals surface area (Å²) in [6, 6.07) is -0.593. The zero-order chi connectivity index (χ0) is 13.4. The number of amides is 2. The van der Waals surface area contributed by atoms with Gasteiger partial charge in [0.1, 0.15) is 17.1 Å². The number of rotatable bonds is 3. The van der Waals surface area contributed by atoms with Crippen molar-refractivity contribution in [1.82, 2.24) is 10.2 Å². The van der Waals surface area contributed by atoms with Crippen LogP contribution in [-0.2, 0) is 14.4 Å². The fourth-order valence-electron chi connectivity index (χ4n) is 2.05. The standard InChI is InChI=1S/C11H14N2O4S/c1-3-6(14)12-7-9(15)13-8(11(16)17)5(2)4-18-10(7)13/h7,10H,3-4H2,1-2H3,(H,12,14)(H,16,17)/t7?,10-/m1/s1. The molecular weight excluding hydrogens is 256 g/mol. The predicted octanol–water partition coefficient (Wildman–Crippen LogP) is 0.155. The maximum absolute atomic E-state index is 11.9. The van der Waals surface area contributed by atoms with Gasteiger partial charge in [-0.05, 0) is 12.5 Å². The van der Waals surface area contributed by atoms with Gasteiger partial charge in [-0.1, -0.05) is 6.92 Å². The minimum absolute atomic E-state index is 0.0609. The molecule has 18 heavy (non-hydrogen) atoms. The second kappa shape index (κ2) is 4.64. The van der Waals surface area contributed by atoms with Gasteiger partial charge < -0.3 is 10.4 Å². The molecule has 2 aliphatic rings. The van der Waals surface area contributed by atoms with E-state index in [0.717, 1.165) is 0 Å². The summed E-state index contributed by atoms with van der Waals surface area (Å²) in [5.41, 5.74) is 0.739. The molecule has 98 valence electrons. The quantitative estimate of drug-likeness (QED) is 0.713. The molecule has 0 bridgehead atoms. The number of β-lactam (4-membered cyclic amide) rings is 1. The van der Waals surface area contributed by atoms with Gasteiger partial charge in [0.15, 0.2) is 0 Å². The molecule has 1 unspecified atom stereocenters. The Balaban J connectivity index is 2.18. The van der Waals surface area contributed by atoms with Crippen LogP contribution in [0, 0.1) is 0 Å². The number of fused-ring (bicyclic) bond motifs is 1. The topological polar surface area (TPSA) is 86.7 Å². The van der Waals surface area contributed by atoms with Crippen LogP contribution in [-0.4, -0.2) is 45.0 Å². The van der Waals surface area contributed by atoms with Gasteiger partial charge in [0.2, 0.25) is 5.91 Å². The van der Waals surface area contributed by atoms with Gasteiger partial charge in [-0.25, -0.2) is 4.79 Å². The van der Waals surface area contributed by atoms with Crippen LogP contribution in [0.25, 0.3) is 0 Å². The Hall–Kier alpha value is -1.50. The van der Waals surface area contributed by atoms with E-state index in [0.29, 0.717) is 17.7 Å². The Morgan fingerprint density at radius 1 is 1.56 bits per heavy atom. The predicted molar refractivity (Wildman–Crippen MR) is 65.6 cm³/mol. The second-order valence-corrected chi connectivity index (χ2v) is 5.35. The van der Waals surface area contributed by atoms with Crippen LogP contribution < -0.4 is 5.32 Å². The van der Waals surface area contributed by atoms with E-state index in [-0.39, 0.29) is 22.9 Å². The number of carbonyl (C=O) groups is 3. The Labute approximate surface area is 108 Å². The molecule has 0 aromatic rings. The average molecular weight is 270 g/mol. The number of carboxylic acid groups (broad SMARTS) is 1. The number of thioether (sulfide) groups is 1. The van der Waals surface area contributed by atoms with Crippen molar-refractivity contribution in [2.75, 3.05) is 5.75 Å². The molecule has 0 aliphatic carbocycles. The summed E-state index contributed by atoms with van der Waals surface area (Å²) in [6.45, 7) is 3.41. The molecule has 0 aromatic heterocycles. The highest BCUT2D eigenvalue weighted by molar-refractivity contribution is 8.00. The molecule has 0 saturated carbocycles. The van der Waals surface area contributed by atoms with Crippen molar-refractivity contribution < 1.29 is 19.5 Å². The summed E-state index contributed by atoms with van der Waals surface area (Å²) in [5.74, 6) is -1.07. The largest absolute Gasteiger partial charge is 0.477 e. The Morgan fingerprint density at radius 3 is 2.78 bits per heavy atom. The minimum atomic E-state index is -1.09. The lowest BCUT2D eigenvalue weighted by Crippen LogP contribution is -2.70. The molecule has 0 spiro atoms. The first-order chi connectivity index (χ1) is 8.47. The van der Waals surface area contributed by atoms with Crippen molar-refractivity contribution in [2.24, 2.45) is 0 Å². The molecule has 0 aromatic carbocycles. The van der Waals surface area contributed by atoms with Crippen molar-refractivity contribution >= 4 is 29.5 Å². The summed E-state index contributed by atoms with van der Waals surface area (Å²) in [7, 11) is 0. The summed E-state index contributed by atoms with van der Waals surface area (Å²) >= 11 is 1.48. The van der Waals surface area contributed by atoms with Crippen molar-refractivity contribution in [2.45, 2.75) is 31.7 Å². The molecule has 1 saturated heterocycles. The number of nitrogens with one attached hydrogen (secondary N) is 1. The molecule has 2 aliphatic heterocycles. The van der Waals surface area contributed by atoms with Gasteiger partial charge >= 0.3 is 5.97 Å². The monoisotopic (exact) mass is 270 g/mol. The van der Waals surface area contributed by atoms with Crippen molar-refractivity contribution in [1.29, 1.82) is 0 Å². The molecule has 2 heterocycles. The van der Waals surface area contributed by atoms with Crippen LogP contribution in [0.2, 0.25) is 0 Å². The third-order valence-corrected chi connectivity index (χ3v) is 4.42. The van der Waals surface area contributed by atoms with E-state index in [9.17, 15) is 14.4 Å². The van der Waals surface area contributed by atoms with Crippen molar-refractivity contribution in [3.05, 3.63) is 11.3 Å². The highest BCUT2D eigenvalue weighted by Gasteiger charge is 2.53. The zero-order valence-electron chi connectivity index (χ0n) is 10.1. The molecule has 7 heteroatoms. The number of carbonyl (C=O) groups excluding carboxylic acids is 2. The van der Waals surface area contributed by atoms with Crippen LogP contribution in [0.5, 0.6) is 0 Å². The molecule has 0 radical (unpaired) electrons. The summed E-state index contributed by atoms with van der Waals surface area (Å²) in [6.07, 6.45) is 0.307. The van der Waals surface area contributed by atoms with Crippen LogP contribution in [0.1, 0.15) is 20.3 Å². The van der Waals surface area contributed by atoms with Gasteiger partial charge in [-0.2, -0.15) is 0 Å². The summed E-state index contributed by atoms with van der Waals surface area (Å²) in [5, 5.41) is 11.4. The SMILES string of the molecule is CCC(=O)NC1C(=O)N2C(C(=O)O)=C(C)CS[C@H]12. The van der Waals surface area contributed by atoms with Gasteiger partial charge in [-0.3, -0.25) is 14.5 Å². The maximum Gasteiger partial charge on any atom is 0.352 e.